The minimum absolute atomic E-state index is 0.157. The van der Waals surface area contributed by atoms with Crippen LogP contribution in [0.1, 0.15) is 46.5 Å². The Labute approximate surface area is 131 Å². The first kappa shape index (κ1) is 19.7. The molecule has 3 heteroatoms. The van der Waals surface area contributed by atoms with Crippen LogP contribution in [0, 0.1) is 0 Å². The molecule has 0 aromatic heterocycles. The monoisotopic (exact) mass is 291 g/mol. The predicted molar refractivity (Wildman–Crippen MR) is 95.8 cm³/mol. The third kappa shape index (κ3) is 12.1. The largest absolute Gasteiger partial charge is 0.367 e. The van der Waals surface area contributed by atoms with E-state index in [0.29, 0.717) is 0 Å². The molecule has 1 unspecified atom stereocenters. The number of allylic oxidation sites excluding steroid dienone is 4. The molecule has 0 radical (unpaired) electrons. The highest BCUT2D eigenvalue weighted by Gasteiger charge is 2.04. The summed E-state index contributed by atoms with van der Waals surface area (Å²) < 4.78 is 0. The number of rotatable bonds is 10. The Hall–Kier alpha value is -1.35. The van der Waals surface area contributed by atoms with Gasteiger partial charge in [0.05, 0.1) is 5.84 Å². The van der Waals surface area contributed by atoms with Crippen molar-refractivity contribution in [1.29, 1.82) is 0 Å². The molecule has 1 atom stereocenters. The van der Waals surface area contributed by atoms with Crippen molar-refractivity contribution in [3.05, 3.63) is 36.5 Å². The second kappa shape index (κ2) is 13.6. The number of aliphatic imine (C=N–C) groups is 1. The molecule has 0 aliphatic rings. The van der Waals surface area contributed by atoms with Crippen molar-refractivity contribution in [2.24, 2.45) is 4.99 Å². The zero-order valence-electron chi connectivity index (χ0n) is 14.5. The molecule has 21 heavy (non-hydrogen) atoms. The Bertz CT molecular complexity index is 351. The van der Waals surface area contributed by atoms with Crippen LogP contribution in [0.2, 0.25) is 0 Å². The molecule has 0 heterocycles. The van der Waals surface area contributed by atoms with Gasteiger partial charge in [0.15, 0.2) is 0 Å². The van der Waals surface area contributed by atoms with Gasteiger partial charge < -0.3 is 4.90 Å². The summed E-state index contributed by atoms with van der Waals surface area (Å²) in [6, 6.07) is 0. The average molecular weight is 291 g/mol. The fourth-order valence-electron chi connectivity index (χ4n) is 1.69. The Kier molecular flexibility index (Phi) is 12.7. The molecule has 0 aliphatic carbocycles. The first-order valence-electron chi connectivity index (χ1n) is 7.98. The lowest BCUT2D eigenvalue weighted by Crippen LogP contribution is -2.31. The van der Waals surface area contributed by atoms with Crippen molar-refractivity contribution >= 4 is 5.84 Å². The standard InChI is InChI=1S/C18H33N3/c1-6-8-10-11-12-13-15-18(19-16-14-9-7-2)20-17(3)21(4)5/h7-10,12-13,18-19H,6,11,14-16H2,1-5H3/b9-7-,10-8-,13-12-,20-17-. The second-order valence-corrected chi connectivity index (χ2v) is 5.22. The molecule has 0 saturated carbocycles. The molecular formula is C18H33N3. The highest BCUT2D eigenvalue weighted by molar-refractivity contribution is 5.79. The molecule has 0 saturated heterocycles. The lowest BCUT2D eigenvalue weighted by Gasteiger charge is -2.17. The van der Waals surface area contributed by atoms with Crippen LogP contribution in [0.4, 0.5) is 0 Å². The molecule has 3 nitrogen and oxygen atoms in total. The zero-order valence-corrected chi connectivity index (χ0v) is 14.5. The molecule has 0 bridgehead atoms. The van der Waals surface area contributed by atoms with E-state index < -0.39 is 0 Å². The van der Waals surface area contributed by atoms with Crippen LogP contribution in [0.3, 0.4) is 0 Å². The minimum atomic E-state index is 0.157. The Balaban J connectivity index is 4.36. The SMILES string of the molecule is C/C=C\CCNC(C/C=C\C/C=C\CC)/N=C(/C)N(C)C. The Morgan fingerprint density at radius 2 is 1.86 bits per heavy atom. The van der Waals surface area contributed by atoms with Gasteiger partial charge in [-0.05, 0) is 33.1 Å². The van der Waals surface area contributed by atoms with E-state index in [4.69, 9.17) is 4.99 Å². The Morgan fingerprint density at radius 3 is 2.48 bits per heavy atom. The van der Waals surface area contributed by atoms with Crippen LogP contribution < -0.4 is 5.32 Å². The van der Waals surface area contributed by atoms with Crippen LogP contribution in [-0.2, 0) is 0 Å². The van der Waals surface area contributed by atoms with E-state index in [-0.39, 0.29) is 6.17 Å². The van der Waals surface area contributed by atoms with Gasteiger partial charge >= 0.3 is 0 Å². The summed E-state index contributed by atoms with van der Waals surface area (Å²) in [6.07, 6.45) is 17.4. The summed E-state index contributed by atoms with van der Waals surface area (Å²) in [7, 11) is 4.06. The molecule has 0 fully saturated rings. The molecule has 0 rings (SSSR count). The van der Waals surface area contributed by atoms with Crippen LogP contribution in [-0.4, -0.2) is 37.5 Å². The number of hydrogen-bond donors (Lipinski definition) is 1. The fourth-order valence-corrected chi connectivity index (χ4v) is 1.69. The first-order valence-corrected chi connectivity index (χ1v) is 7.98. The van der Waals surface area contributed by atoms with Gasteiger partial charge in [-0.15, -0.1) is 0 Å². The van der Waals surface area contributed by atoms with Gasteiger partial charge in [0.1, 0.15) is 6.17 Å². The van der Waals surface area contributed by atoms with Crippen LogP contribution >= 0.6 is 0 Å². The average Bonchev–Trinajstić information content (AvgIpc) is 2.46. The molecule has 0 aliphatic heterocycles. The number of amidine groups is 1. The summed E-state index contributed by atoms with van der Waals surface area (Å²) in [5.41, 5.74) is 0. The van der Waals surface area contributed by atoms with E-state index >= 15 is 0 Å². The molecular weight excluding hydrogens is 258 g/mol. The smallest absolute Gasteiger partial charge is 0.105 e. The van der Waals surface area contributed by atoms with Gasteiger partial charge in [0.25, 0.3) is 0 Å². The summed E-state index contributed by atoms with van der Waals surface area (Å²) in [6.45, 7) is 7.22. The van der Waals surface area contributed by atoms with Crippen LogP contribution in [0.5, 0.6) is 0 Å². The third-order valence-electron chi connectivity index (χ3n) is 3.12. The van der Waals surface area contributed by atoms with Gasteiger partial charge in [-0.25, -0.2) is 0 Å². The van der Waals surface area contributed by atoms with E-state index in [1.165, 1.54) is 0 Å². The summed E-state index contributed by atoms with van der Waals surface area (Å²) in [5.74, 6) is 1.05. The molecule has 1 N–H and O–H groups in total. The van der Waals surface area contributed by atoms with E-state index in [0.717, 1.165) is 38.1 Å². The van der Waals surface area contributed by atoms with Crippen molar-refractivity contribution in [3.63, 3.8) is 0 Å². The second-order valence-electron chi connectivity index (χ2n) is 5.22. The maximum absolute atomic E-state index is 4.75. The van der Waals surface area contributed by atoms with Gasteiger partial charge in [0.2, 0.25) is 0 Å². The summed E-state index contributed by atoms with van der Waals surface area (Å²) in [5, 5.41) is 3.51. The molecule has 0 amide bonds. The van der Waals surface area contributed by atoms with Crippen molar-refractivity contribution < 1.29 is 0 Å². The normalized spacial score (nSPS) is 14.6. The Morgan fingerprint density at radius 1 is 1.14 bits per heavy atom. The summed E-state index contributed by atoms with van der Waals surface area (Å²) in [4.78, 5) is 6.80. The lowest BCUT2D eigenvalue weighted by atomic mass is 10.2. The summed E-state index contributed by atoms with van der Waals surface area (Å²) >= 11 is 0. The predicted octanol–water partition coefficient (Wildman–Crippen LogP) is 4.15. The van der Waals surface area contributed by atoms with Crippen LogP contribution in [0.25, 0.3) is 0 Å². The van der Waals surface area contributed by atoms with Crippen molar-refractivity contribution in [1.82, 2.24) is 10.2 Å². The number of nitrogens with zero attached hydrogens (tertiary/aromatic N) is 2. The maximum Gasteiger partial charge on any atom is 0.105 e. The number of hydrogen-bond acceptors (Lipinski definition) is 2. The van der Waals surface area contributed by atoms with Crippen molar-refractivity contribution in [3.8, 4) is 0 Å². The quantitative estimate of drug-likeness (QED) is 0.283. The highest BCUT2D eigenvalue weighted by atomic mass is 15.2. The molecule has 120 valence electrons. The van der Waals surface area contributed by atoms with Crippen molar-refractivity contribution in [2.45, 2.75) is 52.6 Å². The van der Waals surface area contributed by atoms with Gasteiger partial charge in [-0.2, -0.15) is 0 Å². The first-order chi connectivity index (χ1) is 10.1. The van der Waals surface area contributed by atoms with Crippen molar-refractivity contribution in [2.75, 3.05) is 20.6 Å². The zero-order chi connectivity index (χ0) is 15.9. The third-order valence-corrected chi connectivity index (χ3v) is 3.12. The van der Waals surface area contributed by atoms with Gasteiger partial charge in [0, 0.05) is 27.1 Å². The molecule has 0 spiro atoms. The minimum Gasteiger partial charge on any atom is -0.367 e. The molecule has 0 aromatic carbocycles. The van der Waals surface area contributed by atoms with E-state index in [9.17, 15) is 0 Å². The molecule has 0 aromatic rings. The number of nitrogens with one attached hydrogen (secondary N) is 1. The fraction of sp³-hybridized carbons (Fsp3) is 0.611. The van der Waals surface area contributed by atoms with E-state index in [1.807, 2.05) is 25.9 Å². The highest BCUT2D eigenvalue weighted by Crippen LogP contribution is 2.00. The van der Waals surface area contributed by atoms with Crippen LogP contribution in [0.15, 0.2) is 41.4 Å². The lowest BCUT2D eigenvalue weighted by molar-refractivity contribution is 0.522. The van der Waals surface area contributed by atoms with Gasteiger partial charge in [-0.3, -0.25) is 10.3 Å². The topological polar surface area (TPSA) is 27.6 Å². The van der Waals surface area contributed by atoms with E-state index in [1.54, 1.807) is 0 Å². The van der Waals surface area contributed by atoms with Gasteiger partial charge in [-0.1, -0.05) is 43.4 Å². The van der Waals surface area contributed by atoms with E-state index in [2.05, 4.69) is 55.6 Å². The maximum atomic E-state index is 4.75.